The summed E-state index contributed by atoms with van der Waals surface area (Å²) < 4.78 is 7.44. The fourth-order valence-electron chi connectivity index (χ4n) is 3.94. The van der Waals surface area contributed by atoms with E-state index in [1.54, 1.807) is 11.4 Å². The van der Waals surface area contributed by atoms with Crippen LogP contribution in [0.2, 0.25) is 0 Å². The second-order valence-corrected chi connectivity index (χ2v) is 8.67. The zero-order valence-corrected chi connectivity index (χ0v) is 18.9. The number of hydrogen-bond acceptors (Lipinski definition) is 3. The molecular weight excluding hydrogens is 458 g/mol. The van der Waals surface area contributed by atoms with Crippen molar-refractivity contribution in [3.05, 3.63) is 96.9 Å². The van der Waals surface area contributed by atoms with Crippen LogP contribution in [0.4, 0.5) is 0 Å². The van der Waals surface area contributed by atoms with E-state index >= 15 is 0 Å². The minimum absolute atomic E-state index is 0.210. The number of benzene rings is 2. The molecule has 0 aliphatic rings. The Kier molecular flexibility index (Phi) is 4.48. The molecule has 0 saturated heterocycles. The van der Waals surface area contributed by atoms with Crippen molar-refractivity contribution in [1.29, 1.82) is 0 Å². The molecular formula is C23H20BrN5O2. The molecule has 0 radical (unpaired) electrons. The van der Waals surface area contributed by atoms with Crippen molar-refractivity contribution in [2.45, 2.75) is 20.4 Å². The second-order valence-electron chi connectivity index (χ2n) is 7.75. The maximum absolute atomic E-state index is 13.4. The molecule has 0 aliphatic heterocycles. The number of hydrogen-bond donors (Lipinski definition) is 0. The highest BCUT2D eigenvalue weighted by Crippen LogP contribution is 2.22. The van der Waals surface area contributed by atoms with E-state index in [1.807, 2.05) is 73.1 Å². The molecule has 3 aromatic heterocycles. The van der Waals surface area contributed by atoms with Gasteiger partial charge in [0.15, 0.2) is 11.2 Å². The normalized spacial score (nSPS) is 11.6. The lowest BCUT2D eigenvalue weighted by Gasteiger charge is -2.08. The van der Waals surface area contributed by atoms with Crippen molar-refractivity contribution in [1.82, 2.24) is 23.1 Å². The average Bonchev–Trinajstić information content (AvgIpc) is 3.26. The van der Waals surface area contributed by atoms with Gasteiger partial charge in [-0.1, -0.05) is 45.8 Å². The monoisotopic (exact) mass is 477 g/mol. The van der Waals surface area contributed by atoms with E-state index in [-0.39, 0.29) is 17.8 Å². The van der Waals surface area contributed by atoms with Gasteiger partial charge >= 0.3 is 5.69 Å². The van der Waals surface area contributed by atoms with Crippen LogP contribution in [-0.2, 0) is 13.6 Å². The van der Waals surface area contributed by atoms with Crippen molar-refractivity contribution >= 4 is 32.9 Å². The third-order valence-electron chi connectivity index (χ3n) is 5.57. The fraction of sp³-hybridized carbons (Fsp3) is 0.174. The Morgan fingerprint density at radius 1 is 0.968 bits per heavy atom. The SMILES string of the molecule is Cc1ccc(Cn2c(=O)c3c(nc4n(-c5ccc(Br)cc5)c(C)cn34)n(C)c2=O)cc1. The molecule has 0 spiro atoms. The fourth-order valence-corrected chi connectivity index (χ4v) is 4.20. The molecule has 0 N–H and O–H groups in total. The number of halogens is 1. The van der Waals surface area contributed by atoms with Crippen LogP contribution in [0.25, 0.3) is 22.6 Å². The van der Waals surface area contributed by atoms with Crippen LogP contribution in [0.15, 0.2) is 68.8 Å². The van der Waals surface area contributed by atoms with Gasteiger partial charge in [-0.05, 0) is 43.7 Å². The van der Waals surface area contributed by atoms with Crippen LogP contribution >= 0.6 is 15.9 Å². The van der Waals surface area contributed by atoms with E-state index in [2.05, 4.69) is 20.9 Å². The standard InChI is InChI=1S/C23H20BrN5O2/c1-14-4-6-16(7-5-14)13-28-21(30)19-20(26(3)23(28)31)25-22-27(19)12-15(2)29(22)18-10-8-17(24)9-11-18/h4-12H,13H2,1-3H3. The second kappa shape index (κ2) is 7.09. The van der Waals surface area contributed by atoms with E-state index in [9.17, 15) is 9.59 Å². The minimum Gasteiger partial charge on any atom is -0.283 e. The van der Waals surface area contributed by atoms with E-state index in [4.69, 9.17) is 0 Å². The molecule has 0 aliphatic carbocycles. The molecule has 156 valence electrons. The van der Waals surface area contributed by atoms with Gasteiger partial charge in [-0.3, -0.25) is 22.9 Å². The molecule has 3 heterocycles. The lowest BCUT2D eigenvalue weighted by atomic mass is 10.1. The summed E-state index contributed by atoms with van der Waals surface area (Å²) in [4.78, 5) is 31.1. The molecule has 7 nitrogen and oxygen atoms in total. The van der Waals surface area contributed by atoms with E-state index in [1.165, 1.54) is 9.13 Å². The van der Waals surface area contributed by atoms with Crippen LogP contribution in [0.3, 0.4) is 0 Å². The highest BCUT2D eigenvalue weighted by molar-refractivity contribution is 9.10. The first kappa shape index (κ1) is 19.6. The minimum atomic E-state index is -0.384. The molecule has 0 fully saturated rings. The lowest BCUT2D eigenvalue weighted by Crippen LogP contribution is -2.39. The first-order chi connectivity index (χ1) is 14.8. The number of rotatable bonds is 3. The van der Waals surface area contributed by atoms with Crippen LogP contribution in [-0.4, -0.2) is 23.1 Å². The van der Waals surface area contributed by atoms with Crippen molar-refractivity contribution in [3.63, 3.8) is 0 Å². The summed E-state index contributed by atoms with van der Waals surface area (Å²) in [5.74, 6) is 0.593. The molecule has 5 aromatic rings. The summed E-state index contributed by atoms with van der Waals surface area (Å²) >= 11 is 3.46. The summed E-state index contributed by atoms with van der Waals surface area (Å²) in [7, 11) is 1.65. The predicted molar refractivity (Wildman–Crippen MR) is 124 cm³/mol. The van der Waals surface area contributed by atoms with Crippen LogP contribution in [0.5, 0.6) is 0 Å². The average molecular weight is 478 g/mol. The Bertz CT molecular complexity index is 1570. The topological polar surface area (TPSA) is 66.2 Å². The molecule has 0 amide bonds. The Morgan fingerprint density at radius 2 is 1.65 bits per heavy atom. The van der Waals surface area contributed by atoms with Gasteiger partial charge in [-0.15, -0.1) is 0 Å². The summed E-state index contributed by atoms with van der Waals surface area (Å²) in [5, 5.41) is 0. The Balaban J connectivity index is 1.77. The molecule has 0 saturated carbocycles. The summed E-state index contributed by atoms with van der Waals surface area (Å²) in [6.07, 6.45) is 1.88. The summed E-state index contributed by atoms with van der Waals surface area (Å²) in [5.41, 5.74) is 3.92. The van der Waals surface area contributed by atoms with Crippen LogP contribution in [0.1, 0.15) is 16.8 Å². The predicted octanol–water partition coefficient (Wildman–Crippen LogP) is 3.57. The lowest BCUT2D eigenvalue weighted by molar-refractivity contribution is 0.656. The Hall–Kier alpha value is -3.39. The van der Waals surface area contributed by atoms with Gasteiger partial charge in [-0.25, -0.2) is 4.79 Å². The molecule has 0 atom stereocenters. The van der Waals surface area contributed by atoms with Gasteiger partial charge in [0.05, 0.1) is 6.54 Å². The molecule has 2 aromatic carbocycles. The van der Waals surface area contributed by atoms with Crippen LogP contribution in [0, 0.1) is 13.8 Å². The first-order valence-corrected chi connectivity index (χ1v) is 10.7. The molecule has 5 rings (SSSR count). The third-order valence-corrected chi connectivity index (χ3v) is 6.10. The number of aromatic nitrogens is 5. The van der Waals surface area contributed by atoms with E-state index in [0.29, 0.717) is 16.9 Å². The zero-order chi connectivity index (χ0) is 21.9. The van der Waals surface area contributed by atoms with Crippen molar-refractivity contribution in [3.8, 4) is 5.69 Å². The molecule has 8 heteroatoms. The van der Waals surface area contributed by atoms with Crippen LogP contribution < -0.4 is 11.2 Å². The highest BCUT2D eigenvalue weighted by atomic mass is 79.9. The first-order valence-electron chi connectivity index (χ1n) is 9.86. The molecule has 31 heavy (non-hydrogen) atoms. The van der Waals surface area contributed by atoms with Gasteiger partial charge in [-0.2, -0.15) is 4.98 Å². The molecule has 0 unspecified atom stereocenters. The molecule has 0 bridgehead atoms. The van der Waals surface area contributed by atoms with Gasteiger partial charge in [0.25, 0.3) is 5.56 Å². The van der Waals surface area contributed by atoms with Crippen molar-refractivity contribution in [2.24, 2.45) is 7.05 Å². The van der Waals surface area contributed by atoms with Gasteiger partial charge in [0, 0.05) is 29.1 Å². The summed E-state index contributed by atoms with van der Waals surface area (Å²) in [6.45, 7) is 4.18. The van der Waals surface area contributed by atoms with Gasteiger partial charge in [0.1, 0.15) is 0 Å². The largest absolute Gasteiger partial charge is 0.332 e. The van der Waals surface area contributed by atoms with Crippen molar-refractivity contribution < 1.29 is 0 Å². The van der Waals surface area contributed by atoms with Gasteiger partial charge in [0.2, 0.25) is 5.78 Å². The van der Waals surface area contributed by atoms with E-state index in [0.717, 1.165) is 27.0 Å². The van der Waals surface area contributed by atoms with Crippen molar-refractivity contribution in [2.75, 3.05) is 0 Å². The summed E-state index contributed by atoms with van der Waals surface area (Å²) in [6, 6.07) is 15.7. The number of aryl methyl sites for hydroxylation is 3. The van der Waals surface area contributed by atoms with E-state index < -0.39 is 0 Å². The maximum atomic E-state index is 13.4. The zero-order valence-electron chi connectivity index (χ0n) is 17.3. The quantitative estimate of drug-likeness (QED) is 0.398. The number of fused-ring (bicyclic) bond motifs is 3. The smallest absolute Gasteiger partial charge is 0.283 e. The Labute approximate surface area is 185 Å². The number of imidazole rings is 2. The Morgan fingerprint density at radius 3 is 2.32 bits per heavy atom. The number of nitrogens with zero attached hydrogens (tertiary/aromatic N) is 5. The maximum Gasteiger partial charge on any atom is 0.332 e. The highest BCUT2D eigenvalue weighted by Gasteiger charge is 2.20. The van der Waals surface area contributed by atoms with Gasteiger partial charge < -0.3 is 0 Å². The third kappa shape index (κ3) is 3.06.